The lowest BCUT2D eigenvalue weighted by Crippen LogP contribution is -2.55. The number of carbonyl (C=O) groups is 2. The molecule has 2 amide bonds. The maximum atomic E-state index is 14.5. The molecular formula is C58H56F10N10O6. The Balaban J connectivity index is 0.000000202. The Kier molecular flexibility index (Phi) is 17.4. The fraction of sp³-hybridized carbons (Fsp3) is 0.345. The van der Waals surface area contributed by atoms with Gasteiger partial charge in [-0.2, -0.15) is 36.5 Å². The van der Waals surface area contributed by atoms with Crippen molar-refractivity contribution in [3.05, 3.63) is 165 Å². The van der Waals surface area contributed by atoms with Crippen LogP contribution in [0, 0.1) is 37.1 Å². The molecule has 4 aromatic carbocycles. The van der Waals surface area contributed by atoms with Crippen molar-refractivity contribution in [2.75, 3.05) is 66.7 Å². The second-order valence-electron chi connectivity index (χ2n) is 20.3. The largest absolute Gasteiger partial charge is 0.497 e. The molecule has 2 saturated heterocycles. The van der Waals surface area contributed by atoms with Crippen LogP contribution in [0.15, 0.2) is 97.3 Å². The van der Waals surface area contributed by atoms with Gasteiger partial charge in [-0.15, -0.1) is 0 Å². The van der Waals surface area contributed by atoms with E-state index in [2.05, 4.69) is 20.2 Å². The van der Waals surface area contributed by atoms with Crippen molar-refractivity contribution < 1.29 is 73.2 Å². The molecule has 16 nitrogen and oxygen atoms in total. The maximum Gasteiger partial charge on any atom is 0.433 e. The van der Waals surface area contributed by atoms with Crippen LogP contribution in [0.1, 0.15) is 80.3 Å². The number of hydrogen-bond acceptors (Lipinski definition) is 12. The third-order valence-corrected chi connectivity index (χ3v) is 15.2. The maximum absolute atomic E-state index is 14.5. The Hall–Kier alpha value is -8.20. The summed E-state index contributed by atoms with van der Waals surface area (Å²) >= 11 is 0. The minimum atomic E-state index is -4.79. The Morgan fingerprint density at radius 1 is 0.571 bits per heavy atom. The van der Waals surface area contributed by atoms with Gasteiger partial charge in [0, 0.05) is 84.7 Å². The number of carbonyl (C=O) groups excluding carboxylic acids is 2. The van der Waals surface area contributed by atoms with Gasteiger partial charge in [-0.3, -0.25) is 19.4 Å². The lowest BCUT2D eigenvalue weighted by molar-refractivity contribution is -0.144. The first-order chi connectivity index (χ1) is 39.9. The summed E-state index contributed by atoms with van der Waals surface area (Å²) in [7, 11) is 2.95. The van der Waals surface area contributed by atoms with E-state index in [1.165, 1.54) is 37.9 Å². The molecule has 4 atom stereocenters. The molecule has 10 rings (SSSR count). The smallest absolute Gasteiger partial charge is 0.433 e. The summed E-state index contributed by atoms with van der Waals surface area (Å²) in [6.45, 7) is 6.15. The molecule has 2 fully saturated rings. The Bertz CT molecular complexity index is 3490. The van der Waals surface area contributed by atoms with Crippen LogP contribution in [0.25, 0.3) is 33.8 Å². The summed E-state index contributed by atoms with van der Waals surface area (Å²) in [6.07, 6.45) is -7.42. The first kappa shape index (κ1) is 60.4. The van der Waals surface area contributed by atoms with Gasteiger partial charge in [-0.05, 0) is 113 Å². The number of aromatic nitrogens is 6. The standard InChI is InChI=1S/2C29H28F5N5O3/c2*1-16-14-37(24(15-40)21-12-19(30)6-9-23(21)31)10-11-38(16)28(41)22-13-35-39-26(29(32,33)34)17(2)25(36-27(22)39)18-4-7-20(42-3)8-5-18/h2*4-9,12-13,16,24,40H,10-11,14-15H2,1-3H3/t16-,24+;16-,24-/m11/s1. The average Bonchev–Trinajstić information content (AvgIpc) is 1.70. The van der Waals surface area contributed by atoms with Gasteiger partial charge in [0.25, 0.3) is 11.8 Å². The predicted molar refractivity (Wildman–Crippen MR) is 286 cm³/mol. The van der Waals surface area contributed by atoms with E-state index in [1.54, 1.807) is 72.2 Å². The number of rotatable bonds is 12. The third-order valence-electron chi connectivity index (χ3n) is 15.2. The lowest BCUT2D eigenvalue weighted by Gasteiger charge is -2.43. The van der Waals surface area contributed by atoms with Crippen molar-refractivity contribution in [3.8, 4) is 34.0 Å². The average molecular weight is 1180 g/mol. The summed E-state index contributed by atoms with van der Waals surface area (Å²) in [6, 6.07) is 16.1. The number of methoxy groups -OCH3 is 2. The normalized spacial score (nSPS) is 17.1. The summed E-state index contributed by atoms with van der Waals surface area (Å²) in [5, 5.41) is 27.8. The predicted octanol–water partition coefficient (Wildman–Crippen LogP) is 9.78. The zero-order valence-corrected chi connectivity index (χ0v) is 46.0. The van der Waals surface area contributed by atoms with Gasteiger partial charge in [0.1, 0.15) is 45.9 Å². The quantitative estimate of drug-likeness (QED) is 0.111. The van der Waals surface area contributed by atoms with Gasteiger partial charge in [0.05, 0.1) is 63.3 Å². The van der Waals surface area contributed by atoms with Crippen LogP contribution in [0.3, 0.4) is 0 Å². The van der Waals surface area contributed by atoms with Crippen LogP contribution < -0.4 is 9.47 Å². The zero-order valence-electron chi connectivity index (χ0n) is 46.0. The van der Waals surface area contributed by atoms with E-state index in [0.717, 1.165) is 48.8 Å². The van der Waals surface area contributed by atoms with Crippen molar-refractivity contribution in [2.24, 2.45) is 0 Å². The minimum absolute atomic E-state index is 0.00239. The van der Waals surface area contributed by atoms with Gasteiger partial charge in [-0.1, -0.05) is 0 Å². The van der Waals surface area contributed by atoms with Crippen molar-refractivity contribution in [2.45, 2.75) is 64.2 Å². The number of nitrogens with zero attached hydrogens (tertiary/aromatic N) is 10. The number of ether oxygens (including phenoxy) is 2. The number of alkyl halides is 6. The van der Waals surface area contributed by atoms with Gasteiger partial charge in [-0.25, -0.2) is 36.6 Å². The lowest BCUT2D eigenvalue weighted by atomic mass is 10.0. The minimum Gasteiger partial charge on any atom is -0.497 e. The first-order valence-electron chi connectivity index (χ1n) is 26.3. The first-order valence-corrected chi connectivity index (χ1v) is 26.3. The Labute approximate surface area is 474 Å². The molecule has 0 spiro atoms. The Morgan fingerprint density at radius 3 is 1.24 bits per heavy atom. The highest BCUT2D eigenvalue weighted by molar-refractivity contribution is 6.01. The highest BCUT2D eigenvalue weighted by atomic mass is 19.4. The van der Waals surface area contributed by atoms with E-state index >= 15 is 0 Å². The molecule has 2 aliphatic rings. The SMILES string of the molecule is COc1ccc(-c2nc3c(C(=O)N4CCN([C@@H](CO)c5cc(F)ccc5F)C[C@H]4C)cnn3c(C(F)(F)F)c2C)cc1.COc1ccc(-c2nc3c(C(=O)N4CCN([C@H](CO)c5cc(F)ccc5F)C[C@H]4C)cnn3c(C(F)(F)F)c2C)cc1. The van der Waals surface area contributed by atoms with Gasteiger partial charge in [0.15, 0.2) is 22.7 Å². The molecular weight excluding hydrogens is 1120 g/mol. The van der Waals surface area contributed by atoms with Crippen molar-refractivity contribution in [1.29, 1.82) is 0 Å². The number of aliphatic hydroxyl groups is 2. The van der Waals surface area contributed by atoms with Crippen LogP contribution in [0.2, 0.25) is 0 Å². The van der Waals surface area contributed by atoms with E-state index < -0.39 is 96.2 Å². The molecule has 2 aliphatic heterocycles. The van der Waals surface area contributed by atoms with Crippen LogP contribution in [-0.2, 0) is 12.4 Å². The summed E-state index contributed by atoms with van der Waals surface area (Å²) < 4.78 is 154. The molecule has 6 heterocycles. The van der Waals surface area contributed by atoms with E-state index in [4.69, 9.17) is 9.47 Å². The molecule has 8 aromatic rings. The summed E-state index contributed by atoms with van der Waals surface area (Å²) in [5.74, 6) is -2.72. The van der Waals surface area contributed by atoms with Crippen LogP contribution in [0.5, 0.6) is 11.5 Å². The molecule has 0 bridgehead atoms. The number of piperazine rings is 2. The van der Waals surface area contributed by atoms with Crippen LogP contribution in [-0.4, -0.2) is 150 Å². The van der Waals surface area contributed by atoms with Gasteiger partial charge < -0.3 is 29.5 Å². The molecule has 2 N–H and O–H groups in total. The summed E-state index contributed by atoms with van der Waals surface area (Å²) in [4.78, 5) is 42.9. The molecule has 26 heteroatoms. The number of amides is 2. The molecule has 4 aromatic heterocycles. The van der Waals surface area contributed by atoms with E-state index in [0.29, 0.717) is 31.7 Å². The highest BCUT2D eigenvalue weighted by Gasteiger charge is 2.42. The molecule has 0 unspecified atom stereocenters. The number of hydrogen-bond donors (Lipinski definition) is 2. The molecule has 444 valence electrons. The fourth-order valence-corrected chi connectivity index (χ4v) is 11.0. The van der Waals surface area contributed by atoms with Crippen LogP contribution in [0.4, 0.5) is 43.9 Å². The van der Waals surface area contributed by atoms with Crippen LogP contribution >= 0.6 is 0 Å². The second-order valence-corrected chi connectivity index (χ2v) is 20.3. The summed E-state index contributed by atoms with van der Waals surface area (Å²) in [5.41, 5.74) is -2.18. The van der Waals surface area contributed by atoms with Crippen molar-refractivity contribution >= 4 is 23.1 Å². The monoisotopic (exact) mass is 1180 g/mol. The van der Waals surface area contributed by atoms with E-state index in [1.807, 2.05) is 0 Å². The fourth-order valence-electron chi connectivity index (χ4n) is 11.0. The Morgan fingerprint density at radius 2 is 0.929 bits per heavy atom. The molecule has 0 aliphatic carbocycles. The zero-order chi connectivity index (χ0) is 60.7. The van der Waals surface area contributed by atoms with E-state index in [9.17, 15) is 63.7 Å². The van der Waals surface area contributed by atoms with E-state index in [-0.39, 0.29) is 95.3 Å². The van der Waals surface area contributed by atoms with Gasteiger partial charge >= 0.3 is 12.4 Å². The number of aliphatic hydroxyl groups excluding tert-OH is 2. The van der Waals surface area contributed by atoms with Crippen molar-refractivity contribution in [3.63, 3.8) is 0 Å². The third kappa shape index (κ3) is 11.8. The molecule has 84 heavy (non-hydrogen) atoms. The molecule has 0 radical (unpaired) electrons. The number of fused-ring (bicyclic) bond motifs is 2. The number of benzene rings is 4. The number of halogens is 10. The topological polar surface area (TPSA) is 166 Å². The van der Waals surface area contributed by atoms with Crippen molar-refractivity contribution in [1.82, 2.24) is 48.8 Å². The molecule has 0 saturated carbocycles. The van der Waals surface area contributed by atoms with Gasteiger partial charge in [0.2, 0.25) is 0 Å². The highest BCUT2D eigenvalue weighted by Crippen LogP contribution is 2.40. The second kappa shape index (κ2) is 24.2.